The van der Waals surface area contributed by atoms with Crippen LogP contribution in [0.1, 0.15) is 83.4 Å². The molecule has 1 saturated heterocycles. The van der Waals surface area contributed by atoms with Gasteiger partial charge >= 0.3 is 5.97 Å². The lowest BCUT2D eigenvalue weighted by molar-refractivity contribution is -0.159. The lowest BCUT2D eigenvalue weighted by atomic mass is 10.0. The molecule has 9 nitrogen and oxygen atoms in total. The van der Waals surface area contributed by atoms with Crippen molar-refractivity contribution in [1.29, 1.82) is 0 Å². The summed E-state index contributed by atoms with van der Waals surface area (Å²) in [7, 11) is 0. The lowest BCUT2D eigenvalue weighted by Gasteiger charge is -2.35. The Labute approximate surface area is 232 Å². The van der Waals surface area contributed by atoms with Gasteiger partial charge in [0.05, 0.1) is 6.04 Å². The van der Waals surface area contributed by atoms with Crippen molar-refractivity contribution in [2.45, 2.75) is 90.4 Å². The van der Waals surface area contributed by atoms with Crippen LogP contribution in [0.2, 0.25) is 0 Å². The zero-order valence-corrected chi connectivity index (χ0v) is 23.7. The number of nitrogens with one attached hydrogen (secondary N) is 3. The minimum atomic E-state index is -0.999. The van der Waals surface area contributed by atoms with E-state index < -0.39 is 30.1 Å². The standard InChI is InChI=1S/C30H44N4O5/c1-7-9-10-11-17-26(35)39-27(20(3)4)29(37)32-22(6)30(38)34-18-13-16-25(33-34)28(36)31-21(5)24-15-12-14-23(8-2)19-24/h7-8,12,14-15,19-22,25,27,33H,1-2,9-11,13,16-18H2,3-6H3,(H,31,36)(H,32,37)/t21-,22+,25+,27+/m1/s1. The second-order valence-corrected chi connectivity index (χ2v) is 10.3. The molecule has 4 atom stereocenters. The second-order valence-electron chi connectivity index (χ2n) is 10.3. The number of hydrogen-bond acceptors (Lipinski definition) is 6. The monoisotopic (exact) mass is 540 g/mol. The molecule has 0 bridgehead atoms. The Bertz CT molecular complexity index is 1020. The third kappa shape index (κ3) is 9.98. The van der Waals surface area contributed by atoms with Crippen LogP contribution >= 0.6 is 0 Å². The van der Waals surface area contributed by atoms with E-state index in [-0.39, 0.29) is 30.2 Å². The Balaban J connectivity index is 1.91. The smallest absolute Gasteiger partial charge is 0.306 e. The summed E-state index contributed by atoms with van der Waals surface area (Å²) in [6.07, 6.45) is 6.28. The molecule has 9 heteroatoms. The van der Waals surface area contributed by atoms with Gasteiger partial charge in [-0.25, -0.2) is 5.43 Å². The van der Waals surface area contributed by atoms with Crippen LogP contribution in [0.3, 0.4) is 0 Å². The maximum atomic E-state index is 13.1. The van der Waals surface area contributed by atoms with Crippen molar-refractivity contribution in [1.82, 2.24) is 21.1 Å². The van der Waals surface area contributed by atoms with E-state index in [0.29, 0.717) is 25.8 Å². The zero-order chi connectivity index (χ0) is 28.9. The Morgan fingerprint density at radius 1 is 1.13 bits per heavy atom. The van der Waals surface area contributed by atoms with Gasteiger partial charge in [0, 0.05) is 13.0 Å². The van der Waals surface area contributed by atoms with Crippen LogP contribution in [0.4, 0.5) is 0 Å². The van der Waals surface area contributed by atoms with Crippen molar-refractivity contribution in [3.05, 3.63) is 54.6 Å². The third-order valence-electron chi connectivity index (χ3n) is 6.66. The molecule has 0 unspecified atom stereocenters. The molecule has 0 saturated carbocycles. The molecule has 0 aliphatic carbocycles. The first-order valence-corrected chi connectivity index (χ1v) is 13.8. The van der Waals surface area contributed by atoms with Crippen molar-refractivity contribution in [3.8, 4) is 0 Å². The number of hydrazine groups is 1. The topological polar surface area (TPSA) is 117 Å². The molecule has 1 aromatic rings. The van der Waals surface area contributed by atoms with E-state index in [9.17, 15) is 19.2 Å². The van der Waals surface area contributed by atoms with Gasteiger partial charge in [-0.1, -0.05) is 50.8 Å². The van der Waals surface area contributed by atoms with Crippen molar-refractivity contribution >= 4 is 29.8 Å². The molecule has 1 aliphatic heterocycles. The number of carbonyl (C=O) groups is 4. The van der Waals surface area contributed by atoms with Gasteiger partial charge in [-0.05, 0) is 69.1 Å². The molecule has 0 spiro atoms. The van der Waals surface area contributed by atoms with Gasteiger partial charge in [-0.2, -0.15) is 0 Å². The average molecular weight is 541 g/mol. The number of esters is 1. The predicted molar refractivity (Wildman–Crippen MR) is 152 cm³/mol. The van der Waals surface area contributed by atoms with Gasteiger partial charge < -0.3 is 15.4 Å². The van der Waals surface area contributed by atoms with E-state index in [4.69, 9.17) is 4.74 Å². The van der Waals surface area contributed by atoms with Crippen LogP contribution in [-0.4, -0.2) is 53.4 Å². The molecule has 3 N–H and O–H groups in total. The molecular formula is C30H44N4O5. The normalized spacial score (nSPS) is 17.5. The summed E-state index contributed by atoms with van der Waals surface area (Å²) in [5, 5.41) is 7.07. The molecule has 3 amide bonds. The van der Waals surface area contributed by atoms with Crippen LogP contribution in [0.25, 0.3) is 6.08 Å². The summed E-state index contributed by atoms with van der Waals surface area (Å²) in [4.78, 5) is 51.2. The average Bonchev–Trinajstić information content (AvgIpc) is 2.93. The second kappa shape index (κ2) is 15.8. The quantitative estimate of drug-likeness (QED) is 0.188. The van der Waals surface area contributed by atoms with Gasteiger partial charge in [-0.15, -0.1) is 6.58 Å². The molecule has 214 valence electrons. The maximum absolute atomic E-state index is 13.1. The largest absolute Gasteiger partial charge is 0.452 e. The summed E-state index contributed by atoms with van der Waals surface area (Å²) >= 11 is 0. The van der Waals surface area contributed by atoms with Crippen molar-refractivity contribution < 1.29 is 23.9 Å². The van der Waals surface area contributed by atoms with Gasteiger partial charge in [0.1, 0.15) is 12.1 Å². The Kier molecular flexibility index (Phi) is 12.9. The fourth-order valence-electron chi connectivity index (χ4n) is 4.33. The number of nitrogens with zero attached hydrogens (tertiary/aromatic N) is 1. The number of rotatable bonds is 14. The molecule has 39 heavy (non-hydrogen) atoms. The van der Waals surface area contributed by atoms with Gasteiger partial charge in [0.25, 0.3) is 11.8 Å². The molecular weight excluding hydrogens is 496 g/mol. The molecule has 0 radical (unpaired) electrons. The van der Waals surface area contributed by atoms with E-state index in [1.165, 1.54) is 5.01 Å². The zero-order valence-electron chi connectivity index (χ0n) is 23.7. The van der Waals surface area contributed by atoms with Gasteiger partial charge in [0.15, 0.2) is 6.10 Å². The van der Waals surface area contributed by atoms with Crippen molar-refractivity contribution in [3.63, 3.8) is 0 Å². The highest BCUT2D eigenvalue weighted by atomic mass is 16.5. The lowest BCUT2D eigenvalue weighted by Crippen LogP contribution is -2.61. The predicted octanol–water partition coefficient (Wildman–Crippen LogP) is 3.82. The molecule has 2 rings (SSSR count). The number of carbonyl (C=O) groups excluding carboxylic acids is 4. The fraction of sp³-hybridized carbons (Fsp3) is 0.533. The van der Waals surface area contributed by atoms with E-state index in [2.05, 4.69) is 29.2 Å². The molecule has 0 aromatic heterocycles. The minimum absolute atomic E-state index is 0.208. The summed E-state index contributed by atoms with van der Waals surface area (Å²) in [6.45, 7) is 14.9. The highest BCUT2D eigenvalue weighted by Gasteiger charge is 2.33. The first-order chi connectivity index (χ1) is 18.6. The van der Waals surface area contributed by atoms with Crippen LogP contribution < -0.4 is 16.1 Å². The Morgan fingerprint density at radius 2 is 1.87 bits per heavy atom. The van der Waals surface area contributed by atoms with Crippen LogP contribution in [-0.2, 0) is 23.9 Å². The van der Waals surface area contributed by atoms with E-state index in [1.807, 2.05) is 31.2 Å². The van der Waals surface area contributed by atoms with E-state index in [0.717, 1.165) is 24.0 Å². The van der Waals surface area contributed by atoms with Gasteiger partial charge in [-0.3, -0.25) is 24.2 Å². The number of benzene rings is 1. The number of unbranched alkanes of at least 4 members (excludes halogenated alkanes) is 2. The Hall–Kier alpha value is -3.46. The SMILES string of the molecule is C=CCCCCC(=O)O[C@H](C(=O)N[C@@H](C)C(=O)N1CCC[C@@H](C(=O)N[C@H](C)c2cccc(C=C)c2)N1)C(C)C. The van der Waals surface area contributed by atoms with Crippen LogP contribution in [0, 0.1) is 5.92 Å². The summed E-state index contributed by atoms with van der Waals surface area (Å²) < 4.78 is 5.44. The van der Waals surface area contributed by atoms with Crippen molar-refractivity contribution in [2.75, 3.05) is 6.54 Å². The summed E-state index contributed by atoms with van der Waals surface area (Å²) in [5.41, 5.74) is 4.94. The van der Waals surface area contributed by atoms with E-state index in [1.54, 1.807) is 32.9 Å². The maximum Gasteiger partial charge on any atom is 0.306 e. The summed E-state index contributed by atoms with van der Waals surface area (Å²) in [6, 6.07) is 6.09. The number of hydrogen-bond donors (Lipinski definition) is 3. The highest BCUT2D eigenvalue weighted by molar-refractivity contribution is 5.90. The number of ether oxygens (including phenoxy) is 1. The molecule has 1 aliphatic rings. The van der Waals surface area contributed by atoms with E-state index >= 15 is 0 Å². The minimum Gasteiger partial charge on any atom is -0.452 e. The van der Waals surface area contributed by atoms with Crippen LogP contribution in [0.15, 0.2) is 43.5 Å². The fourth-order valence-corrected chi connectivity index (χ4v) is 4.33. The van der Waals surface area contributed by atoms with Gasteiger partial charge in [0.2, 0.25) is 5.91 Å². The van der Waals surface area contributed by atoms with Crippen molar-refractivity contribution in [2.24, 2.45) is 5.92 Å². The summed E-state index contributed by atoms with van der Waals surface area (Å²) in [5.74, 6) is -1.80. The number of allylic oxidation sites excluding steroid dienone is 1. The Morgan fingerprint density at radius 3 is 2.54 bits per heavy atom. The highest BCUT2D eigenvalue weighted by Crippen LogP contribution is 2.17. The van der Waals surface area contributed by atoms with Crippen LogP contribution in [0.5, 0.6) is 0 Å². The number of amides is 3. The molecule has 1 aromatic carbocycles. The molecule has 1 heterocycles. The molecule has 1 fully saturated rings. The first kappa shape index (κ1) is 31.8. The first-order valence-electron chi connectivity index (χ1n) is 13.8. The third-order valence-corrected chi connectivity index (χ3v) is 6.66.